The number of ether oxygens (including phenoxy) is 1. The third kappa shape index (κ3) is 2.52. The predicted molar refractivity (Wildman–Crippen MR) is 77.7 cm³/mol. The largest absolute Gasteiger partial charge is 0.356 e. The molecule has 1 aliphatic heterocycles. The van der Waals surface area contributed by atoms with Gasteiger partial charge in [-0.3, -0.25) is 9.63 Å². The molecule has 0 saturated carbocycles. The summed E-state index contributed by atoms with van der Waals surface area (Å²) >= 11 is 0. The Morgan fingerprint density at radius 1 is 1.48 bits per heavy atom. The van der Waals surface area contributed by atoms with Gasteiger partial charge < -0.3 is 4.74 Å². The fourth-order valence-electron chi connectivity index (χ4n) is 2.66. The van der Waals surface area contributed by atoms with E-state index in [1.165, 1.54) is 12.2 Å². The summed E-state index contributed by atoms with van der Waals surface area (Å²) in [7, 11) is 3.06. The normalized spacial score (nSPS) is 18.9. The Hall–Kier alpha value is -1.92. The number of carbonyl (C=O) groups excluding carboxylic acids is 1. The molecule has 1 aromatic heterocycles. The first-order chi connectivity index (χ1) is 10.2. The molecule has 1 saturated heterocycles. The molecule has 1 fully saturated rings. The highest BCUT2D eigenvalue weighted by molar-refractivity contribution is 6.05. The van der Waals surface area contributed by atoms with Gasteiger partial charge in [-0.25, -0.2) is 9.75 Å². The molecular formula is C15H19N3O3. The summed E-state index contributed by atoms with van der Waals surface area (Å²) in [5.74, 6) is -0.188. The molecule has 2 heterocycles. The van der Waals surface area contributed by atoms with E-state index >= 15 is 0 Å². The van der Waals surface area contributed by atoms with Crippen LogP contribution in [0.15, 0.2) is 24.4 Å². The Morgan fingerprint density at radius 3 is 3.05 bits per heavy atom. The van der Waals surface area contributed by atoms with Gasteiger partial charge in [-0.2, -0.15) is 5.10 Å². The molecule has 21 heavy (non-hydrogen) atoms. The third-order valence-electron chi connectivity index (χ3n) is 3.86. The van der Waals surface area contributed by atoms with E-state index < -0.39 is 0 Å². The monoisotopic (exact) mass is 289 g/mol. The van der Waals surface area contributed by atoms with Crippen LogP contribution in [0.1, 0.15) is 35.8 Å². The lowest BCUT2D eigenvalue weighted by molar-refractivity contribution is -0.0755. The summed E-state index contributed by atoms with van der Waals surface area (Å²) in [4.78, 5) is 17.3. The Kier molecular flexibility index (Phi) is 3.90. The van der Waals surface area contributed by atoms with Crippen LogP contribution in [0.25, 0.3) is 10.9 Å². The molecule has 1 aromatic carbocycles. The molecule has 2 aromatic rings. The minimum Gasteiger partial charge on any atom is -0.356 e. The van der Waals surface area contributed by atoms with E-state index in [9.17, 15) is 4.79 Å². The lowest BCUT2D eigenvalue weighted by atomic mass is 10.1. The number of nitrogens with zero attached hydrogens (tertiary/aromatic N) is 3. The van der Waals surface area contributed by atoms with Gasteiger partial charge in [0, 0.05) is 19.0 Å². The van der Waals surface area contributed by atoms with Crippen molar-refractivity contribution in [2.24, 2.45) is 0 Å². The molecule has 0 aliphatic carbocycles. The molecule has 112 valence electrons. The highest BCUT2D eigenvalue weighted by atomic mass is 16.7. The van der Waals surface area contributed by atoms with Crippen molar-refractivity contribution in [3.05, 3.63) is 30.0 Å². The maximum atomic E-state index is 12.3. The van der Waals surface area contributed by atoms with Crippen LogP contribution in [0, 0.1) is 0 Å². The molecule has 6 nitrogen and oxygen atoms in total. The number of benzene rings is 1. The van der Waals surface area contributed by atoms with E-state index in [1.54, 1.807) is 19.3 Å². The van der Waals surface area contributed by atoms with Gasteiger partial charge in [0.2, 0.25) is 0 Å². The second kappa shape index (κ2) is 5.83. The highest BCUT2D eigenvalue weighted by Crippen LogP contribution is 2.27. The summed E-state index contributed by atoms with van der Waals surface area (Å²) in [6.45, 7) is 0.761. The lowest BCUT2D eigenvalue weighted by Crippen LogP contribution is -2.25. The van der Waals surface area contributed by atoms with Crippen molar-refractivity contribution in [1.29, 1.82) is 0 Å². The predicted octanol–water partition coefficient (Wildman–Crippen LogP) is 2.37. The summed E-state index contributed by atoms with van der Waals surface area (Å²) in [5.41, 5.74) is 1.50. The number of fused-ring (bicyclic) bond motifs is 1. The first kappa shape index (κ1) is 14.0. The van der Waals surface area contributed by atoms with Crippen LogP contribution in [0.3, 0.4) is 0 Å². The average molecular weight is 289 g/mol. The lowest BCUT2D eigenvalue weighted by Gasteiger charge is -2.23. The maximum Gasteiger partial charge on any atom is 0.277 e. The second-order valence-electron chi connectivity index (χ2n) is 5.13. The van der Waals surface area contributed by atoms with Gasteiger partial charge in [0.15, 0.2) is 6.23 Å². The van der Waals surface area contributed by atoms with Crippen LogP contribution in [0.5, 0.6) is 0 Å². The molecule has 1 unspecified atom stereocenters. The standard InChI is InChI=1S/C15H19N3O3/c1-17(20-2)15(19)11-6-5-7-13-12(11)10-16-18(13)14-8-3-4-9-21-14/h5-7,10,14H,3-4,8-9H2,1-2H3. The van der Waals surface area contributed by atoms with Crippen LogP contribution in [0.2, 0.25) is 0 Å². The Balaban J connectivity index is 2.01. The molecule has 0 bridgehead atoms. The molecular weight excluding hydrogens is 270 g/mol. The average Bonchev–Trinajstić information content (AvgIpc) is 2.98. The zero-order valence-electron chi connectivity index (χ0n) is 12.3. The molecule has 0 spiro atoms. The second-order valence-corrected chi connectivity index (χ2v) is 5.13. The molecule has 3 rings (SSSR count). The number of hydrogen-bond acceptors (Lipinski definition) is 4. The quantitative estimate of drug-likeness (QED) is 0.814. The van der Waals surface area contributed by atoms with E-state index in [1.807, 2.05) is 16.8 Å². The van der Waals surface area contributed by atoms with Gasteiger partial charge in [0.1, 0.15) is 0 Å². The number of rotatable bonds is 3. The van der Waals surface area contributed by atoms with Crippen LogP contribution < -0.4 is 0 Å². The van der Waals surface area contributed by atoms with Crippen LogP contribution in [-0.4, -0.2) is 41.5 Å². The van der Waals surface area contributed by atoms with Crippen molar-refractivity contribution >= 4 is 16.8 Å². The fraction of sp³-hybridized carbons (Fsp3) is 0.467. The van der Waals surface area contributed by atoms with E-state index in [2.05, 4.69) is 5.10 Å². The first-order valence-corrected chi connectivity index (χ1v) is 7.12. The van der Waals surface area contributed by atoms with Crippen molar-refractivity contribution in [2.75, 3.05) is 20.8 Å². The van der Waals surface area contributed by atoms with Crippen LogP contribution in [0.4, 0.5) is 0 Å². The highest BCUT2D eigenvalue weighted by Gasteiger charge is 2.21. The van der Waals surface area contributed by atoms with Crippen molar-refractivity contribution in [1.82, 2.24) is 14.8 Å². The van der Waals surface area contributed by atoms with Crippen molar-refractivity contribution in [3.63, 3.8) is 0 Å². The molecule has 6 heteroatoms. The minimum atomic E-state index is -0.188. The summed E-state index contributed by atoms with van der Waals surface area (Å²) < 4.78 is 7.65. The number of amides is 1. The summed E-state index contributed by atoms with van der Waals surface area (Å²) in [5, 5.41) is 6.46. The van der Waals surface area contributed by atoms with Crippen molar-refractivity contribution < 1.29 is 14.4 Å². The van der Waals surface area contributed by atoms with Gasteiger partial charge in [0.05, 0.1) is 24.4 Å². The van der Waals surface area contributed by atoms with Gasteiger partial charge in [-0.1, -0.05) is 6.07 Å². The van der Waals surface area contributed by atoms with Crippen LogP contribution >= 0.6 is 0 Å². The SMILES string of the molecule is CON(C)C(=O)c1cccc2c1cnn2C1CCCCO1. The van der Waals surface area contributed by atoms with Gasteiger partial charge in [-0.05, 0) is 31.4 Å². The Morgan fingerprint density at radius 2 is 2.33 bits per heavy atom. The molecule has 1 atom stereocenters. The summed E-state index contributed by atoms with van der Waals surface area (Å²) in [6, 6.07) is 5.61. The topological polar surface area (TPSA) is 56.6 Å². The van der Waals surface area contributed by atoms with E-state index in [0.717, 1.165) is 36.8 Å². The molecule has 0 radical (unpaired) electrons. The molecule has 1 aliphatic rings. The van der Waals surface area contributed by atoms with Crippen LogP contribution in [-0.2, 0) is 9.57 Å². The zero-order valence-corrected chi connectivity index (χ0v) is 12.3. The maximum absolute atomic E-state index is 12.3. The number of carbonyl (C=O) groups is 1. The van der Waals surface area contributed by atoms with Gasteiger partial charge >= 0.3 is 0 Å². The number of hydroxylamine groups is 2. The first-order valence-electron chi connectivity index (χ1n) is 7.12. The van der Waals surface area contributed by atoms with Gasteiger partial charge in [0.25, 0.3) is 5.91 Å². The molecule has 1 amide bonds. The zero-order chi connectivity index (χ0) is 14.8. The van der Waals surface area contributed by atoms with Gasteiger partial charge in [-0.15, -0.1) is 0 Å². The summed E-state index contributed by atoms with van der Waals surface area (Å²) in [6.07, 6.45) is 4.87. The fourth-order valence-corrected chi connectivity index (χ4v) is 2.66. The third-order valence-corrected chi connectivity index (χ3v) is 3.86. The Bertz CT molecular complexity index is 647. The van der Waals surface area contributed by atoms with E-state index in [4.69, 9.17) is 9.57 Å². The molecule has 0 N–H and O–H groups in total. The number of aromatic nitrogens is 2. The Labute approximate surface area is 123 Å². The van der Waals surface area contributed by atoms with Crippen molar-refractivity contribution in [3.8, 4) is 0 Å². The number of hydrogen-bond donors (Lipinski definition) is 0. The van der Waals surface area contributed by atoms with E-state index in [0.29, 0.717) is 5.56 Å². The van der Waals surface area contributed by atoms with Crippen molar-refractivity contribution in [2.45, 2.75) is 25.5 Å². The minimum absolute atomic E-state index is 0.0400. The van der Waals surface area contributed by atoms with E-state index in [-0.39, 0.29) is 12.1 Å². The smallest absolute Gasteiger partial charge is 0.277 e.